The first-order valence-corrected chi connectivity index (χ1v) is 7.11. The Morgan fingerprint density at radius 1 is 1.43 bits per heavy atom. The molecule has 0 saturated heterocycles. The van der Waals surface area contributed by atoms with Crippen LogP contribution in [-0.2, 0) is 4.79 Å². The molecule has 0 spiro atoms. The van der Waals surface area contributed by atoms with Gasteiger partial charge in [-0.2, -0.15) is 0 Å². The summed E-state index contributed by atoms with van der Waals surface area (Å²) in [5, 5.41) is 12.9. The van der Waals surface area contributed by atoms with Gasteiger partial charge in [0.1, 0.15) is 18.2 Å². The molecule has 1 aromatic rings. The van der Waals surface area contributed by atoms with E-state index in [-0.39, 0.29) is 24.9 Å². The summed E-state index contributed by atoms with van der Waals surface area (Å²) in [6.45, 7) is 4.07. The first kappa shape index (κ1) is 15.5. The molecule has 0 saturated carbocycles. The van der Waals surface area contributed by atoms with Crippen LogP contribution in [0.25, 0.3) is 6.08 Å². The number of ether oxygens (including phenoxy) is 1. The number of rotatable bonds is 5. The minimum Gasteiger partial charge on any atom is -0.488 e. The van der Waals surface area contributed by atoms with E-state index in [0.29, 0.717) is 29.7 Å². The second-order valence-corrected chi connectivity index (χ2v) is 5.25. The van der Waals surface area contributed by atoms with Crippen molar-refractivity contribution in [2.45, 2.75) is 32.3 Å². The van der Waals surface area contributed by atoms with Crippen molar-refractivity contribution < 1.29 is 19.0 Å². The third kappa shape index (κ3) is 3.61. The quantitative estimate of drug-likeness (QED) is 0.875. The molecule has 2 rings (SSSR count). The number of nitrogens with one attached hydrogen (secondary N) is 1. The molecule has 0 bridgehead atoms. The van der Waals surface area contributed by atoms with E-state index in [1.165, 1.54) is 12.1 Å². The summed E-state index contributed by atoms with van der Waals surface area (Å²) in [6.07, 6.45) is 2.74. The van der Waals surface area contributed by atoms with Crippen molar-refractivity contribution in [3.8, 4) is 5.75 Å². The molecule has 1 aliphatic rings. The number of hydrogen-bond donors (Lipinski definition) is 2. The Kier molecular flexibility index (Phi) is 4.63. The van der Waals surface area contributed by atoms with Crippen LogP contribution < -0.4 is 10.1 Å². The predicted molar refractivity (Wildman–Crippen MR) is 78.4 cm³/mol. The van der Waals surface area contributed by atoms with Gasteiger partial charge in [0.05, 0.1) is 11.2 Å². The average molecular weight is 293 g/mol. The smallest absolute Gasteiger partial charge is 0.250 e. The lowest BCUT2D eigenvalue weighted by Crippen LogP contribution is -2.43. The summed E-state index contributed by atoms with van der Waals surface area (Å²) in [5.41, 5.74) is 0.0748. The number of amides is 1. The van der Waals surface area contributed by atoms with Crippen molar-refractivity contribution in [3.05, 3.63) is 35.2 Å². The van der Waals surface area contributed by atoms with E-state index >= 15 is 0 Å². The van der Waals surface area contributed by atoms with E-state index in [0.717, 1.165) is 0 Å². The molecular formula is C16H20FNO3. The Morgan fingerprint density at radius 2 is 2.14 bits per heavy atom. The number of hydrogen-bond acceptors (Lipinski definition) is 3. The highest BCUT2D eigenvalue weighted by Gasteiger charge is 2.24. The van der Waals surface area contributed by atoms with Crippen molar-refractivity contribution in [1.82, 2.24) is 5.32 Å². The van der Waals surface area contributed by atoms with Crippen LogP contribution in [0, 0.1) is 5.82 Å². The summed E-state index contributed by atoms with van der Waals surface area (Å²) < 4.78 is 18.6. The van der Waals surface area contributed by atoms with Gasteiger partial charge in [0.25, 0.3) is 5.91 Å². The molecule has 4 nitrogen and oxygen atoms in total. The molecule has 0 aromatic heterocycles. The molecule has 1 aromatic carbocycles. The molecule has 0 aliphatic carbocycles. The number of halogens is 1. The fraction of sp³-hybridized carbons (Fsp3) is 0.438. The number of fused-ring (bicyclic) bond motifs is 1. The van der Waals surface area contributed by atoms with Crippen LogP contribution in [0.15, 0.2) is 23.8 Å². The molecule has 0 unspecified atom stereocenters. The normalized spacial score (nSPS) is 14.0. The largest absolute Gasteiger partial charge is 0.488 e. The van der Waals surface area contributed by atoms with E-state index in [9.17, 15) is 14.3 Å². The van der Waals surface area contributed by atoms with Crippen molar-refractivity contribution in [1.29, 1.82) is 0 Å². The summed E-state index contributed by atoms with van der Waals surface area (Å²) in [7, 11) is 0. The van der Waals surface area contributed by atoms with Crippen LogP contribution in [0.4, 0.5) is 4.39 Å². The molecule has 5 heteroatoms. The summed E-state index contributed by atoms with van der Waals surface area (Å²) >= 11 is 0. The zero-order valence-corrected chi connectivity index (χ0v) is 12.3. The van der Waals surface area contributed by atoms with Crippen LogP contribution in [0.2, 0.25) is 0 Å². The second kappa shape index (κ2) is 6.26. The molecule has 2 N–H and O–H groups in total. The third-order valence-electron chi connectivity index (χ3n) is 3.87. The van der Waals surface area contributed by atoms with Crippen molar-refractivity contribution in [3.63, 3.8) is 0 Å². The fourth-order valence-electron chi connectivity index (χ4n) is 2.14. The number of carbonyl (C=O) groups excluding carboxylic acids is 1. The van der Waals surface area contributed by atoms with Gasteiger partial charge in [-0.05, 0) is 37.1 Å². The van der Waals surface area contributed by atoms with Gasteiger partial charge in [0.2, 0.25) is 0 Å². The van der Waals surface area contributed by atoms with Gasteiger partial charge in [-0.25, -0.2) is 4.39 Å². The molecule has 1 amide bonds. The second-order valence-electron chi connectivity index (χ2n) is 5.25. The Labute approximate surface area is 123 Å². The maximum Gasteiger partial charge on any atom is 0.250 e. The van der Waals surface area contributed by atoms with Crippen LogP contribution in [0.3, 0.4) is 0 Å². The molecule has 0 radical (unpaired) electrons. The van der Waals surface area contributed by atoms with Gasteiger partial charge in [0.15, 0.2) is 0 Å². The van der Waals surface area contributed by atoms with Gasteiger partial charge >= 0.3 is 0 Å². The molecule has 1 heterocycles. The summed E-state index contributed by atoms with van der Waals surface area (Å²) in [5.74, 6) is -0.113. The summed E-state index contributed by atoms with van der Waals surface area (Å²) in [6, 6.07) is 4.19. The van der Waals surface area contributed by atoms with E-state index in [1.807, 2.05) is 13.8 Å². The predicted octanol–water partition coefficient (Wildman–Crippen LogP) is 2.27. The fourth-order valence-corrected chi connectivity index (χ4v) is 2.14. The van der Waals surface area contributed by atoms with Gasteiger partial charge in [-0.1, -0.05) is 13.8 Å². The van der Waals surface area contributed by atoms with E-state index < -0.39 is 5.60 Å². The third-order valence-corrected chi connectivity index (χ3v) is 3.87. The number of carbonyl (C=O) groups is 1. The van der Waals surface area contributed by atoms with Crippen LogP contribution >= 0.6 is 0 Å². The van der Waals surface area contributed by atoms with Crippen molar-refractivity contribution >= 4 is 12.0 Å². The molecule has 0 fully saturated rings. The maximum absolute atomic E-state index is 13.2. The highest BCUT2D eigenvalue weighted by molar-refractivity contribution is 5.99. The standard InChI is InChI=1S/C16H20FNO3/c1-3-16(20,4-2)10-18-15(19)12-7-11-8-13(17)5-6-14(11)21-9-12/h5-8,20H,3-4,9-10H2,1-2H3,(H,18,19). The van der Waals surface area contributed by atoms with Crippen LogP contribution in [0.1, 0.15) is 32.3 Å². The van der Waals surface area contributed by atoms with Gasteiger partial charge < -0.3 is 15.2 Å². The first-order valence-electron chi connectivity index (χ1n) is 7.11. The van der Waals surface area contributed by atoms with Crippen LogP contribution in [-0.4, -0.2) is 29.8 Å². The molecule has 1 aliphatic heterocycles. The Balaban J connectivity index is 2.07. The highest BCUT2D eigenvalue weighted by atomic mass is 19.1. The van der Waals surface area contributed by atoms with Crippen molar-refractivity contribution in [2.75, 3.05) is 13.2 Å². The minimum absolute atomic E-state index is 0.140. The molecule has 0 atom stereocenters. The zero-order valence-electron chi connectivity index (χ0n) is 12.3. The SMILES string of the molecule is CCC(O)(CC)CNC(=O)C1=Cc2cc(F)ccc2OC1. The van der Waals surface area contributed by atoms with E-state index in [2.05, 4.69) is 5.32 Å². The van der Waals surface area contributed by atoms with E-state index in [4.69, 9.17) is 4.74 Å². The summed E-state index contributed by atoms with van der Waals surface area (Å²) in [4.78, 5) is 12.1. The number of benzene rings is 1. The highest BCUT2D eigenvalue weighted by Crippen LogP contribution is 2.27. The monoisotopic (exact) mass is 293 g/mol. The topological polar surface area (TPSA) is 58.6 Å². The lowest BCUT2D eigenvalue weighted by molar-refractivity contribution is -0.119. The van der Waals surface area contributed by atoms with E-state index in [1.54, 1.807) is 12.1 Å². The lowest BCUT2D eigenvalue weighted by atomic mass is 9.97. The Hall–Kier alpha value is -1.88. The van der Waals surface area contributed by atoms with Gasteiger partial charge in [-0.15, -0.1) is 0 Å². The molecule has 21 heavy (non-hydrogen) atoms. The maximum atomic E-state index is 13.2. The Morgan fingerprint density at radius 3 is 2.81 bits per heavy atom. The number of aliphatic hydroxyl groups is 1. The van der Waals surface area contributed by atoms with Gasteiger partial charge in [0, 0.05) is 12.1 Å². The first-order chi connectivity index (χ1) is 9.97. The van der Waals surface area contributed by atoms with Crippen LogP contribution in [0.5, 0.6) is 5.75 Å². The lowest BCUT2D eigenvalue weighted by Gasteiger charge is -2.26. The zero-order chi connectivity index (χ0) is 15.5. The Bertz CT molecular complexity index is 565. The average Bonchev–Trinajstić information content (AvgIpc) is 2.51. The van der Waals surface area contributed by atoms with Gasteiger partial charge in [-0.3, -0.25) is 4.79 Å². The van der Waals surface area contributed by atoms with Crippen molar-refractivity contribution in [2.24, 2.45) is 0 Å². The molecular weight excluding hydrogens is 273 g/mol. The molecule has 114 valence electrons. The minimum atomic E-state index is -0.893.